The van der Waals surface area contributed by atoms with Gasteiger partial charge in [-0.05, 0) is 74.2 Å². The van der Waals surface area contributed by atoms with Gasteiger partial charge in [-0.2, -0.15) is 0 Å². The number of likely N-dealkylation sites (N-methyl/N-ethyl adjacent to an activating group) is 1. The van der Waals surface area contributed by atoms with Gasteiger partial charge in [0.15, 0.2) is 0 Å². The van der Waals surface area contributed by atoms with Crippen molar-refractivity contribution >= 4 is 27.5 Å². The highest BCUT2D eigenvalue weighted by Gasteiger charge is 2.34. The van der Waals surface area contributed by atoms with Crippen LogP contribution in [0.2, 0.25) is 0 Å². The largest absolute Gasteiger partial charge is 0.357 e. The van der Waals surface area contributed by atoms with E-state index in [2.05, 4.69) is 5.32 Å². The summed E-state index contributed by atoms with van der Waals surface area (Å²) in [5.74, 6) is -0.817. The minimum atomic E-state index is -4.13. The molecule has 4 rings (SSSR count). The van der Waals surface area contributed by atoms with Gasteiger partial charge in [-0.15, -0.1) is 0 Å². The normalized spacial score (nSPS) is 11.9. The van der Waals surface area contributed by atoms with Gasteiger partial charge in [0.25, 0.3) is 10.0 Å². The van der Waals surface area contributed by atoms with E-state index in [0.29, 0.717) is 5.69 Å². The van der Waals surface area contributed by atoms with Gasteiger partial charge in [0, 0.05) is 20.0 Å². The zero-order chi connectivity index (χ0) is 31.1. The summed E-state index contributed by atoms with van der Waals surface area (Å²) in [5.41, 5.74) is 6.00. The number of carbonyl (C=O) groups excluding carboxylic acids is 2. The lowest BCUT2D eigenvalue weighted by Gasteiger charge is -2.33. The smallest absolute Gasteiger partial charge is 0.264 e. The molecule has 0 spiro atoms. The Morgan fingerprint density at radius 3 is 1.93 bits per heavy atom. The van der Waals surface area contributed by atoms with Crippen molar-refractivity contribution in [1.29, 1.82) is 0 Å². The van der Waals surface area contributed by atoms with E-state index in [0.717, 1.165) is 37.7 Å². The van der Waals surface area contributed by atoms with Gasteiger partial charge in [0.2, 0.25) is 11.8 Å². The average Bonchev–Trinajstić information content (AvgIpc) is 3.00. The Morgan fingerprint density at radius 2 is 1.35 bits per heavy atom. The first-order valence-electron chi connectivity index (χ1n) is 14.3. The average molecular weight is 598 g/mol. The summed E-state index contributed by atoms with van der Waals surface area (Å²) in [6, 6.07) is 28.3. The number of nitrogens with one attached hydrogen (secondary N) is 1. The molecule has 0 bridgehead atoms. The molecule has 0 saturated heterocycles. The van der Waals surface area contributed by atoms with E-state index in [9.17, 15) is 18.0 Å². The van der Waals surface area contributed by atoms with Crippen LogP contribution in [0.3, 0.4) is 0 Å². The number of nitrogens with zero attached hydrogens (tertiary/aromatic N) is 2. The van der Waals surface area contributed by atoms with Crippen molar-refractivity contribution in [2.75, 3.05) is 17.9 Å². The third-order valence-corrected chi connectivity index (χ3v) is 9.45. The number of amides is 2. The maximum absolute atomic E-state index is 14.4. The Labute approximate surface area is 255 Å². The monoisotopic (exact) mass is 597 g/mol. The molecule has 0 saturated carbocycles. The van der Waals surface area contributed by atoms with Crippen molar-refractivity contribution in [3.8, 4) is 0 Å². The molecule has 4 aromatic carbocycles. The first-order valence-corrected chi connectivity index (χ1v) is 15.7. The SMILES string of the molecule is CNC(=O)C(Cc1ccccc1)N(Cc1ccc(C)cc1)C(=O)CN(c1ccc(C)c(C)c1)S(=O)(=O)c1ccc(C)cc1. The van der Waals surface area contributed by atoms with Crippen molar-refractivity contribution in [3.05, 3.63) is 130 Å². The first-order chi connectivity index (χ1) is 20.5. The van der Waals surface area contributed by atoms with Gasteiger partial charge in [0.1, 0.15) is 12.6 Å². The van der Waals surface area contributed by atoms with Crippen molar-refractivity contribution in [3.63, 3.8) is 0 Å². The zero-order valence-electron chi connectivity index (χ0n) is 25.4. The molecule has 1 unspecified atom stereocenters. The summed E-state index contributed by atoms with van der Waals surface area (Å²) in [4.78, 5) is 29.3. The number of hydrogen-bond donors (Lipinski definition) is 1. The predicted octanol–water partition coefficient (Wildman–Crippen LogP) is 5.50. The molecule has 8 heteroatoms. The third-order valence-electron chi connectivity index (χ3n) is 7.66. The first kappa shape index (κ1) is 31.5. The molecule has 1 atom stereocenters. The van der Waals surface area contributed by atoms with Crippen LogP contribution >= 0.6 is 0 Å². The van der Waals surface area contributed by atoms with E-state index in [4.69, 9.17) is 0 Å². The van der Waals surface area contributed by atoms with Crippen LogP contribution < -0.4 is 9.62 Å². The molecule has 0 radical (unpaired) electrons. The molecule has 4 aromatic rings. The summed E-state index contributed by atoms with van der Waals surface area (Å²) in [7, 11) is -2.59. The highest BCUT2D eigenvalue weighted by atomic mass is 32.2. The van der Waals surface area contributed by atoms with E-state index in [1.54, 1.807) is 36.4 Å². The minimum Gasteiger partial charge on any atom is -0.357 e. The molecule has 0 aliphatic carbocycles. The van der Waals surface area contributed by atoms with Crippen LogP contribution in [0.4, 0.5) is 5.69 Å². The number of rotatable bonds is 11. The van der Waals surface area contributed by atoms with Crippen LogP contribution in [0.5, 0.6) is 0 Å². The standard InChI is InChI=1S/C35H39N3O4S/c1-25-11-16-30(17-12-25)23-37(33(35(40)36-5)22-29-9-7-6-8-10-29)34(39)24-38(31-18-15-27(3)28(4)21-31)43(41,42)32-19-13-26(2)14-20-32/h6-21,33H,22-24H2,1-5H3,(H,36,40). The van der Waals surface area contributed by atoms with Gasteiger partial charge in [-0.1, -0.05) is 83.9 Å². The van der Waals surface area contributed by atoms with Crippen LogP contribution in [0.1, 0.15) is 33.4 Å². The number of hydrogen-bond acceptors (Lipinski definition) is 4. The lowest BCUT2D eigenvalue weighted by atomic mass is 10.0. The Kier molecular flexibility index (Phi) is 10.0. The fourth-order valence-electron chi connectivity index (χ4n) is 4.86. The van der Waals surface area contributed by atoms with Crippen LogP contribution in [-0.4, -0.2) is 44.8 Å². The van der Waals surface area contributed by atoms with Crippen LogP contribution in [0.25, 0.3) is 0 Å². The predicted molar refractivity (Wildman–Crippen MR) is 171 cm³/mol. The quantitative estimate of drug-likeness (QED) is 0.247. The second kappa shape index (κ2) is 13.7. The molecule has 224 valence electrons. The summed E-state index contributed by atoms with van der Waals surface area (Å²) in [6.45, 7) is 7.37. The zero-order valence-corrected chi connectivity index (χ0v) is 26.2. The Balaban J connectivity index is 1.80. The molecule has 0 fully saturated rings. The molecule has 2 amide bonds. The number of benzene rings is 4. The molecule has 1 N–H and O–H groups in total. The van der Waals surface area contributed by atoms with Crippen LogP contribution in [-0.2, 0) is 32.6 Å². The molecule has 43 heavy (non-hydrogen) atoms. The van der Waals surface area contributed by atoms with Crippen LogP contribution in [0, 0.1) is 27.7 Å². The van der Waals surface area contributed by atoms with Gasteiger partial charge in [0.05, 0.1) is 10.6 Å². The molecule has 0 aromatic heterocycles. The minimum absolute atomic E-state index is 0.0846. The number of anilines is 1. The second-order valence-electron chi connectivity index (χ2n) is 10.9. The topological polar surface area (TPSA) is 86.8 Å². The Morgan fingerprint density at radius 1 is 0.744 bits per heavy atom. The molecule has 0 aliphatic rings. The maximum Gasteiger partial charge on any atom is 0.264 e. The van der Waals surface area contributed by atoms with Crippen molar-refractivity contribution in [2.24, 2.45) is 0 Å². The van der Waals surface area contributed by atoms with Crippen LogP contribution in [0.15, 0.2) is 102 Å². The van der Waals surface area contributed by atoms with E-state index in [-0.39, 0.29) is 23.8 Å². The fourth-order valence-corrected chi connectivity index (χ4v) is 6.26. The van der Waals surface area contributed by atoms with E-state index >= 15 is 0 Å². The Bertz CT molecular complexity index is 1670. The highest BCUT2D eigenvalue weighted by Crippen LogP contribution is 2.27. The second-order valence-corrected chi connectivity index (χ2v) is 12.8. The molecule has 0 heterocycles. The highest BCUT2D eigenvalue weighted by molar-refractivity contribution is 7.92. The molecular weight excluding hydrogens is 558 g/mol. The van der Waals surface area contributed by atoms with Gasteiger partial charge < -0.3 is 10.2 Å². The summed E-state index contributed by atoms with van der Waals surface area (Å²) in [5, 5.41) is 2.71. The van der Waals surface area contributed by atoms with Gasteiger partial charge in [-0.25, -0.2) is 8.42 Å². The number of aryl methyl sites for hydroxylation is 4. The summed E-state index contributed by atoms with van der Waals surface area (Å²) in [6.07, 6.45) is 0.270. The molecule has 0 aliphatic heterocycles. The van der Waals surface area contributed by atoms with E-state index < -0.39 is 28.5 Å². The van der Waals surface area contributed by atoms with Crippen molar-refractivity contribution in [1.82, 2.24) is 10.2 Å². The maximum atomic E-state index is 14.4. The number of sulfonamides is 1. The molecular formula is C35H39N3O4S. The van der Waals surface area contributed by atoms with E-state index in [1.165, 1.54) is 11.9 Å². The van der Waals surface area contributed by atoms with Gasteiger partial charge >= 0.3 is 0 Å². The lowest BCUT2D eigenvalue weighted by molar-refractivity contribution is -0.139. The Hall–Kier alpha value is -4.43. The van der Waals surface area contributed by atoms with Gasteiger partial charge in [-0.3, -0.25) is 13.9 Å². The number of carbonyl (C=O) groups is 2. The van der Waals surface area contributed by atoms with Crippen molar-refractivity contribution < 1.29 is 18.0 Å². The van der Waals surface area contributed by atoms with E-state index in [1.807, 2.05) is 88.4 Å². The third kappa shape index (κ3) is 7.70. The molecule has 7 nitrogen and oxygen atoms in total. The van der Waals surface area contributed by atoms with Crippen molar-refractivity contribution in [2.45, 2.75) is 51.6 Å². The fraction of sp³-hybridized carbons (Fsp3) is 0.257. The summed E-state index contributed by atoms with van der Waals surface area (Å²) >= 11 is 0. The lowest BCUT2D eigenvalue weighted by Crippen LogP contribution is -2.53. The summed E-state index contributed by atoms with van der Waals surface area (Å²) < 4.78 is 29.4.